The van der Waals surface area contributed by atoms with Crippen LogP contribution in [0.5, 0.6) is 5.75 Å². The van der Waals surface area contributed by atoms with Crippen LogP contribution in [0.4, 0.5) is 0 Å². The normalized spacial score (nSPS) is 14.3. The molecule has 2 atom stereocenters. The smallest absolute Gasteiger partial charge is 0.125 e. The highest BCUT2D eigenvalue weighted by Gasteiger charge is 2.08. The molecular weight excluding hydrogens is 230 g/mol. The summed E-state index contributed by atoms with van der Waals surface area (Å²) in [5.41, 5.74) is 2.14. The van der Waals surface area contributed by atoms with E-state index in [1.807, 2.05) is 32.0 Å². The zero-order valence-electron chi connectivity index (χ0n) is 11.3. The van der Waals surface area contributed by atoms with Crippen molar-refractivity contribution >= 4 is 0 Å². The van der Waals surface area contributed by atoms with Gasteiger partial charge >= 0.3 is 0 Å². The second-order valence-electron chi connectivity index (χ2n) is 4.69. The Morgan fingerprint density at radius 2 is 1.78 bits per heavy atom. The molecule has 0 spiro atoms. The standard InChI is InChI=1S/C14H23NO3/c1-10-5-4-6-11(2)14(10)18-9-13(17)8-15-7-12(3)16/h4-6,12-13,15-17H,7-9H2,1-3H3. The third kappa shape index (κ3) is 5.04. The number of para-hydroxylation sites is 1. The molecule has 0 radical (unpaired) electrons. The second-order valence-corrected chi connectivity index (χ2v) is 4.69. The Labute approximate surface area is 109 Å². The number of aryl methyl sites for hydroxylation is 2. The van der Waals surface area contributed by atoms with E-state index in [1.54, 1.807) is 6.92 Å². The zero-order valence-corrected chi connectivity index (χ0v) is 11.3. The molecule has 0 saturated heterocycles. The van der Waals surface area contributed by atoms with Gasteiger partial charge in [0, 0.05) is 13.1 Å². The van der Waals surface area contributed by atoms with Crippen LogP contribution in [0.3, 0.4) is 0 Å². The van der Waals surface area contributed by atoms with Crippen LogP contribution in [0, 0.1) is 13.8 Å². The van der Waals surface area contributed by atoms with Crippen LogP contribution in [-0.2, 0) is 0 Å². The Bertz CT molecular complexity index is 346. The average Bonchev–Trinajstić information content (AvgIpc) is 2.27. The van der Waals surface area contributed by atoms with Gasteiger partial charge in [-0.1, -0.05) is 18.2 Å². The quantitative estimate of drug-likeness (QED) is 0.679. The van der Waals surface area contributed by atoms with E-state index in [1.165, 1.54) is 0 Å². The molecule has 1 rings (SSSR count). The summed E-state index contributed by atoms with van der Waals surface area (Å²) in [7, 11) is 0. The molecule has 0 aliphatic heterocycles. The molecule has 4 heteroatoms. The third-order valence-corrected chi connectivity index (χ3v) is 2.65. The van der Waals surface area contributed by atoms with E-state index in [0.717, 1.165) is 16.9 Å². The molecule has 18 heavy (non-hydrogen) atoms. The molecule has 0 aliphatic carbocycles. The number of ether oxygens (including phenoxy) is 1. The van der Waals surface area contributed by atoms with E-state index in [4.69, 9.17) is 9.84 Å². The summed E-state index contributed by atoms with van der Waals surface area (Å²) < 4.78 is 5.63. The molecule has 0 saturated carbocycles. The summed E-state index contributed by atoms with van der Waals surface area (Å²) in [5.74, 6) is 0.840. The van der Waals surface area contributed by atoms with E-state index < -0.39 is 12.2 Å². The summed E-state index contributed by atoms with van der Waals surface area (Å²) in [6.45, 7) is 6.81. The van der Waals surface area contributed by atoms with Crippen molar-refractivity contribution in [1.29, 1.82) is 0 Å². The van der Waals surface area contributed by atoms with Crippen molar-refractivity contribution in [3.8, 4) is 5.75 Å². The highest BCUT2D eigenvalue weighted by molar-refractivity contribution is 5.39. The van der Waals surface area contributed by atoms with Gasteiger partial charge in [0.25, 0.3) is 0 Å². The molecule has 0 heterocycles. The minimum atomic E-state index is -0.581. The monoisotopic (exact) mass is 253 g/mol. The van der Waals surface area contributed by atoms with Crippen LogP contribution in [0.1, 0.15) is 18.1 Å². The van der Waals surface area contributed by atoms with Gasteiger partial charge in [-0.15, -0.1) is 0 Å². The largest absolute Gasteiger partial charge is 0.490 e. The molecular formula is C14H23NO3. The van der Waals surface area contributed by atoms with Crippen LogP contribution >= 0.6 is 0 Å². The van der Waals surface area contributed by atoms with Crippen molar-refractivity contribution in [2.24, 2.45) is 0 Å². The molecule has 0 fully saturated rings. The minimum absolute atomic E-state index is 0.249. The Balaban J connectivity index is 2.36. The van der Waals surface area contributed by atoms with E-state index in [9.17, 15) is 5.11 Å². The fraction of sp³-hybridized carbons (Fsp3) is 0.571. The molecule has 1 aromatic rings. The molecule has 0 amide bonds. The first-order valence-electron chi connectivity index (χ1n) is 6.26. The van der Waals surface area contributed by atoms with E-state index in [-0.39, 0.29) is 6.61 Å². The van der Waals surface area contributed by atoms with Crippen molar-refractivity contribution in [2.75, 3.05) is 19.7 Å². The molecule has 2 unspecified atom stereocenters. The van der Waals surface area contributed by atoms with Gasteiger partial charge in [0.15, 0.2) is 0 Å². The van der Waals surface area contributed by atoms with Gasteiger partial charge < -0.3 is 20.3 Å². The number of aliphatic hydroxyl groups excluding tert-OH is 2. The van der Waals surface area contributed by atoms with E-state index >= 15 is 0 Å². The molecule has 1 aromatic carbocycles. The lowest BCUT2D eigenvalue weighted by Crippen LogP contribution is -2.35. The number of aliphatic hydroxyl groups is 2. The summed E-state index contributed by atoms with van der Waals surface area (Å²) in [5, 5.41) is 21.8. The topological polar surface area (TPSA) is 61.7 Å². The fourth-order valence-electron chi connectivity index (χ4n) is 1.72. The van der Waals surface area contributed by atoms with E-state index in [0.29, 0.717) is 13.1 Å². The maximum atomic E-state index is 9.74. The molecule has 0 aliphatic rings. The van der Waals surface area contributed by atoms with Crippen LogP contribution in [0.2, 0.25) is 0 Å². The molecule has 4 nitrogen and oxygen atoms in total. The maximum Gasteiger partial charge on any atom is 0.125 e. The summed E-state index contributed by atoms with van der Waals surface area (Å²) in [6.07, 6.45) is -0.987. The number of hydrogen-bond acceptors (Lipinski definition) is 4. The van der Waals surface area contributed by atoms with Crippen molar-refractivity contribution < 1.29 is 14.9 Å². The van der Waals surface area contributed by atoms with Crippen LogP contribution in [0.15, 0.2) is 18.2 Å². The number of benzene rings is 1. The van der Waals surface area contributed by atoms with Gasteiger partial charge in [0.1, 0.15) is 18.5 Å². The number of hydrogen-bond donors (Lipinski definition) is 3. The number of nitrogens with one attached hydrogen (secondary N) is 1. The van der Waals surface area contributed by atoms with Gasteiger partial charge in [-0.05, 0) is 31.9 Å². The lowest BCUT2D eigenvalue weighted by atomic mass is 10.1. The van der Waals surface area contributed by atoms with Crippen molar-refractivity contribution in [3.05, 3.63) is 29.3 Å². The predicted octanol–water partition coefficient (Wildman–Crippen LogP) is 1.01. The first-order chi connectivity index (χ1) is 8.50. The third-order valence-electron chi connectivity index (χ3n) is 2.65. The summed E-state index contributed by atoms with van der Waals surface area (Å²) in [6, 6.07) is 5.96. The zero-order chi connectivity index (χ0) is 13.5. The number of rotatable bonds is 7. The lowest BCUT2D eigenvalue weighted by molar-refractivity contribution is 0.101. The summed E-state index contributed by atoms with van der Waals surface area (Å²) in [4.78, 5) is 0. The molecule has 102 valence electrons. The van der Waals surface area contributed by atoms with Gasteiger partial charge in [-0.2, -0.15) is 0 Å². The first-order valence-corrected chi connectivity index (χ1v) is 6.26. The van der Waals surface area contributed by atoms with Crippen molar-refractivity contribution in [3.63, 3.8) is 0 Å². The molecule has 3 N–H and O–H groups in total. The Hall–Kier alpha value is -1.10. The molecule has 0 bridgehead atoms. The maximum absolute atomic E-state index is 9.74. The Morgan fingerprint density at radius 1 is 1.17 bits per heavy atom. The lowest BCUT2D eigenvalue weighted by Gasteiger charge is -2.16. The SMILES string of the molecule is Cc1cccc(C)c1OCC(O)CNCC(C)O. The second kappa shape index (κ2) is 7.36. The Morgan fingerprint density at radius 3 is 2.33 bits per heavy atom. The molecule has 0 aromatic heterocycles. The van der Waals surface area contributed by atoms with Crippen LogP contribution in [0.25, 0.3) is 0 Å². The van der Waals surface area contributed by atoms with E-state index in [2.05, 4.69) is 5.32 Å². The van der Waals surface area contributed by atoms with Crippen LogP contribution < -0.4 is 10.1 Å². The summed E-state index contributed by atoms with van der Waals surface area (Å²) >= 11 is 0. The first kappa shape index (κ1) is 15.0. The van der Waals surface area contributed by atoms with Crippen molar-refractivity contribution in [1.82, 2.24) is 5.32 Å². The predicted molar refractivity (Wildman–Crippen MR) is 72.0 cm³/mol. The van der Waals surface area contributed by atoms with Gasteiger partial charge in [0.2, 0.25) is 0 Å². The highest BCUT2D eigenvalue weighted by atomic mass is 16.5. The Kier molecular flexibility index (Phi) is 6.12. The average molecular weight is 253 g/mol. The fourth-order valence-corrected chi connectivity index (χ4v) is 1.72. The van der Waals surface area contributed by atoms with Gasteiger partial charge in [-0.3, -0.25) is 0 Å². The minimum Gasteiger partial charge on any atom is -0.490 e. The van der Waals surface area contributed by atoms with Crippen molar-refractivity contribution in [2.45, 2.75) is 33.0 Å². The van der Waals surface area contributed by atoms with Crippen LogP contribution in [-0.4, -0.2) is 42.1 Å². The van der Waals surface area contributed by atoms with Gasteiger partial charge in [0.05, 0.1) is 6.10 Å². The highest BCUT2D eigenvalue weighted by Crippen LogP contribution is 2.22. The van der Waals surface area contributed by atoms with Gasteiger partial charge in [-0.25, -0.2) is 0 Å².